The van der Waals surface area contributed by atoms with Crippen LogP contribution in [0.15, 0.2) is 12.1 Å². The molecule has 0 aromatic heterocycles. The number of piperidine rings is 1. The molecule has 2 fully saturated rings. The Kier molecular flexibility index (Phi) is 8.23. The highest BCUT2D eigenvalue weighted by molar-refractivity contribution is 5.99. The second-order valence-corrected chi connectivity index (χ2v) is 9.01. The van der Waals surface area contributed by atoms with E-state index in [0.717, 1.165) is 20.0 Å². The number of hydrogen-bond donors (Lipinski definition) is 2. The molecule has 0 unspecified atom stereocenters. The van der Waals surface area contributed by atoms with Crippen LogP contribution in [0, 0.1) is 0 Å². The molecule has 1 saturated heterocycles. The van der Waals surface area contributed by atoms with Crippen molar-refractivity contribution >= 4 is 11.8 Å². The minimum absolute atomic E-state index is 0.00258. The minimum atomic E-state index is -5.20. The first-order valence-corrected chi connectivity index (χ1v) is 11.5. The Labute approximate surface area is 199 Å². The van der Waals surface area contributed by atoms with Gasteiger partial charge in [0.15, 0.2) is 0 Å². The van der Waals surface area contributed by atoms with Crippen LogP contribution in [0.2, 0.25) is 0 Å². The van der Waals surface area contributed by atoms with E-state index >= 15 is 0 Å². The summed E-state index contributed by atoms with van der Waals surface area (Å²) >= 11 is 0. The van der Waals surface area contributed by atoms with Crippen molar-refractivity contribution in [2.24, 2.45) is 0 Å². The second kappa shape index (κ2) is 10.6. The molecule has 0 spiro atoms. The van der Waals surface area contributed by atoms with Crippen LogP contribution < -0.4 is 15.4 Å². The van der Waals surface area contributed by atoms with Gasteiger partial charge >= 0.3 is 12.4 Å². The van der Waals surface area contributed by atoms with Gasteiger partial charge in [-0.3, -0.25) is 9.59 Å². The van der Waals surface area contributed by atoms with E-state index in [4.69, 9.17) is 4.74 Å². The van der Waals surface area contributed by atoms with E-state index < -0.39 is 46.7 Å². The molecule has 2 N–H and O–H groups in total. The molecule has 35 heavy (non-hydrogen) atoms. The van der Waals surface area contributed by atoms with Crippen LogP contribution in [0.4, 0.5) is 26.3 Å². The van der Waals surface area contributed by atoms with Gasteiger partial charge in [0.05, 0.1) is 23.8 Å². The summed E-state index contributed by atoms with van der Waals surface area (Å²) in [4.78, 5) is 26.3. The number of nitrogens with zero attached hydrogens (tertiary/aromatic N) is 1. The predicted octanol–water partition coefficient (Wildman–Crippen LogP) is 4.37. The quantitative estimate of drug-likeness (QED) is 0.579. The standard InChI is InChI=1S/C23H29F6N3O3/c1-13(33)32-9-7-15(8-10-32)30-17-5-3-4-6-18(17)31-21(34)20-16(23(27,28)29)11-14(22(24,25)26)12-19(20)35-2/h11-12,15,17-18,30H,3-10H2,1-2H3,(H,31,34)/t17-,18+/m0/s1. The van der Waals surface area contributed by atoms with Crippen LogP contribution in [-0.4, -0.2) is 55.0 Å². The average molecular weight is 509 g/mol. The first kappa shape index (κ1) is 27.1. The van der Waals surface area contributed by atoms with E-state index in [1.54, 1.807) is 4.90 Å². The van der Waals surface area contributed by atoms with Crippen molar-refractivity contribution in [1.29, 1.82) is 0 Å². The van der Waals surface area contributed by atoms with Gasteiger partial charge in [0.1, 0.15) is 5.75 Å². The van der Waals surface area contributed by atoms with Crippen LogP contribution in [0.1, 0.15) is 66.9 Å². The fourth-order valence-corrected chi connectivity index (χ4v) is 4.81. The maximum atomic E-state index is 13.7. The lowest BCUT2D eigenvalue weighted by Gasteiger charge is -2.39. The number of halogens is 6. The first-order valence-electron chi connectivity index (χ1n) is 11.5. The van der Waals surface area contributed by atoms with Gasteiger partial charge in [-0.15, -0.1) is 0 Å². The number of rotatable bonds is 5. The molecule has 2 aliphatic rings. The molecule has 3 rings (SSSR count). The third-order valence-corrected chi connectivity index (χ3v) is 6.65. The van der Waals surface area contributed by atoms with Gasteiger partial charge in [-0.25, -0.2) is 0 Å². The third-order valence-electron chi connectivity index (χ3n) is 6.65. The summed E-state index contributed by atoms with van der Waals surface area (Å²) in [7, 11) is 0.921. The SMILES string of the molecule is COc1cc(C(F)(F)F)cc(C(F)(F)F)c1C(=O)N[C@@H]1CCCC[C@@H]1NC1CCN(C(C)=O)CC1. The molecule has 1 heterocycles. The number of carbonyl (C=O) groups excluding carboxylic acids is 2. The normalized spacial score (nSPS) is 22.1. The zero-order valence-electron chi connectivity index (χ0n) is 19.5. The molecule has 1 saturated carbocycles. The summed E-state index contributed by atoms with van der Waals surface area (Å²) in [5.74, 6) is -1.92. The van der Waals surface area contributed by atoms with Crippen LogP contribution in [0.3, 0.4) is 0 Å². The molecular weight excluding hydrogens is 480 g/mol. The Morgan fingerprint density at radius 3 is 2.06 bits per heavy atom. The highest BCUT2D eigenvalue weighted by Gasteiger charge is 2.42. The lowest BCUT2D eigenvalue weighted by atomic mass is 9.88. The van der Waals surface area contributed by atoms with Crippen LogP contribution in [0.5, 0.6) is 5.75 Å². The molecule has 196 valence electrons. The van der Waals surface area contributed by atoms with Crippen molar-refractivity contribution in [3.05, 3.63) is 28.8 Å². The third kappa shape index (κ3) is 6.59. The largest absolute Gasteiger partial charge is 0.496 e. The number of nitrogens with one attached hydrogen (secondary N) is 2. The van der Waals surface area contributed by atoms with E-state index in [1.807, 2.05) is 0 Å². The molecule has 1 aromatic carbocycles. The molecule has 0 bridgehead atoms. The molecule has 1 aliphatic heterocycles. The number of carbonyl (C=O) groups is 2. The maximum absolute atomic E-state index is 13.7. The second-order valence-electron chi connectivity index (χ2n) is 9.01. The fraction of sp³-hybridized carbons (Fsp3) is 0.652. The summed E-state index contributed by atoms with van der Waals surface area (Å²) in [5, 5.41) is 6.09. The number of likely N-dealkylation sites (tertiary alicyclic amines) is 1. The Bertz CT molecular complexity index is 926. The van der Waals surface area contributed by atoms with Crippen molar-refractivity contribution in [1.82, 2.24) is 15.5 Å². The highest BCUT2D eigenvalue weighted by atomic mass is 19.4. The van der Waals surface area contributed by atoms with Gasteiger partial charge in [0.25, 0.3) is 5.91 Å². The zero-order valence-corrected chi connectivity index (χ0v) is 19.5. The van der Waals surface area contributed by atoms with Gasteiger partial charge in [0.2, 0.25) is 5.91 Å². The number of benzene rings is 1. The summed E-state index contributed by atoms with van der Waals surface area (Å²) < 4.78 is 85.4. The zero-order chi connectivity index (χ0) is 26.0. The summed E-state index contributed by atoms with van der Waals surface area (Å²) in [5.41, 5.74) is -4.21. The topological polar surface area (TPSA) is 70.7 Å². The van der Waals surface area contributed by atoms with Gasteiger partial charge in [-0.2, -0.15) is 26.3 Å². The summed E-state index contributed by atoms with van der Waals surface area (Å²) in [6.07, 6.45) is -6.00. The van der Waals surface area contributed by atoms with Gasteiger partial charge in [0, 0.05) is 38.1 Å². The molecule has 12 heteroatoms. The van der Waals surface area contributed by atoms with E-state index in [9.17, 15) is 35.9 Å². The van der Waals surface area contributed by atoms with Crippen molar-refractivity contribution in [3.63, 3.8) is 0 Å². The Hall–Kier alpha value is -2.50. The van der Waals surface area contributed by atoms with Gasteiger partial charge < -0.3 is 20.3 Å². The van der Waals surface area contributed by atoms with Crippen molar-refractivity contribution in [2.75, 3.05) is 20.2 Å². The molecule has 2 amide bonds. The Morgan fingerprint density at radius 2 is 1.54 bits per heavy atom. The molecule has 1 aliphatic carbocycles. The van der Waals surface area contributed by atoms with Crippen molar-refractivity contribution in [3.8, 4) is 5.75 Å². The lowest BCUT2D eigenvalue weighted by molar-refractivity contribution is -0.143. The number of amides is 2. The molecular formula is C23H29F6N3O3. The smallest absolute Gasteiger partial charge is 0.417 e. The van der Waals surface area contributed by atoms with E-state index in [0.29, 0.717) is 44.8 Å². The minimum Gasteiger partial charge on any atom is -0.496 e. The number of alkyl halides is 6. The number of methoxy groups -OCH3 is 1. The van der Waals surface area contributed by atoms with Crippen LogP contribution in [0.25, 0.3) is 0 Å². The van der Waals surface area contributed by atoms with E-state index in [1.165, 1.54) is 6.92 Å². The van der Waals surface area contributed by atoms with Crippen molar-refractivity contribution < 1.29 is 40.7 Å². The van der Waals surface area contributed by atoms with Crippen molar-refractivity contribution in [2.45, 2.75) is 75.9 Å². The molecule has 6 nitrogen and oxygen atoms in total. The lowest BCUT2D eigenvalue weighted by Crippen LogP contribution is -2.56. The number of ether oxygens (including phenoxy) is 1. The molecule has 2 atom stereocenters. The monoisotopic (exact) mass is 509 g/mol. The van der Waals surface area contributed by atoms with Gasteiger partial charge in [-0.05, 0) is 37.8 Å². The summed E-state index contributed by atoms with van der Waals surface area (Å²) in [6, 6.07) is -0.286. The summed E-state index contributed by atoms with van der Waals surface area (Å²) in [6.45, 7) is 2.69. The molecule has 1 aromatic rings. The van der Waals surface area contributed by atoms with Gasteiger partial charge in [-0.1, -0.05) is 12.8 Å². The van der Waals surface area contributed by atoms with Crippen LogP contribution in [-0.2, 0) is 17.1 Å². The fourth-order valence-electron chi connectivity index (χ4n) is 4.81. The van der Waals surface area contributed by atoms with E-state index in [-0.39, 0.29) is 24.1 Å². The Balaban J connectivity index is 1.81. The van der Waals surface area contributed by atoms with Crippen LogP contribution >= 0.6 is 0 Å². The highest BCUT2D eigenvalue weighted by Crippen LogP contribution is 2.41. The maximum Gasteiger partial charge on any atom is 0.417 e. The predicted molar refractivity (Wildman–Crippen MR) is 115 cm³/mol. The van der Waals surface area contributed by atoms with E-state index in [2.05, 4.69) is 10.6 Å². The first-order chi connectivity index (χ1) is 16.3. The average Bonchev–Trinajstić information content (AvgIpc) is 2.78. The molecule has 0 radical (unpaired) electrons. The number of hydrogen-bond acceptors (Lipinski definition) is 4. The Morgan fingerprint density at radius 1 is 0.943 bits per heavy atom.